The number of unbranched alkanes of at least 4 members (excludes halogenated alkanes) is 2. The molecule has 1 heterocycles. The fraction of sp³-hybridized carbons (Fsp3) is 0.440. The van der Waals surface area contributed by atoms with E-state index in [0.29, 0.717) is 42.5 Å². The number of benzene rings is 1. The van der Waals surface area contributed by atoms with E-state index >= 15 is 0 Å². The summed E-state index contributed by atoms with van der Waals surface area (Å²) < 4.78 is 37.5. The molecule has 1 amide bonds. The van der Waals surface area contributed by atoms with Crippen LogP contribution in [0.15, 0.2) is 42.7 Å². The highest BCUT2D eigenvalue weighted by Gasteiger charge is 2.38. The number of amides is 1. The molecule has 210 valence electrons. The molecule has 0 saturated carbocycles. The van der Waals surface area contributed by atoms with Crippen molar-refractivity contribution in [1.82, 2.24) is 9.88 Å². The number of carbonyl (C=O) groups is 3. The van der Waals surface area contributed by atoms with Gasteiger partial charge < -0.3 is 25.2 Å². The Bertz CT molecular complexity index is 1040. The van der Waals surface area contributed by atoms with Crippen molar-refractivity contribution >= 4 is 35.1 Å². The zero-order chi connectivity index (χ0) is 28.7. The number of aromatic nitrogens is 1. The molecule has 0 radical (unpaired) electrons. The molecule has 0 atom stereocenters. The SMILES string of the molecule is CC(C)N(CCCCCC(=O)O)C(=O)c1cc(Cl)cc(OCCNc2ccncc2)c1.O=C(O)C(F)(F)F. The Morgan fingerprint density at radius 3 is 2.26 bits per heavy atom. The summed E-state index contributed by atoms with van der Waals surface area (Å²) in [5, 5.41) is 19.5. The van der Waals surface area contributed by atoms with Gasteiger partial charge in [-0.15, -0.1) is 0 Å². The van der Waals surface area contributed by atoms with Crippen LogP contribution >= 0.6 is 11.6 Å². The number of hydrogen-bond donors (Lipinski definition) is 3. The van der Waals surface area contributed by atoms with Gasteiger partial charge >= 0.3 is 18.1 Å². The fourth-order valence-corrected chi connectivity index (χ4v) is 3.32. The molecule has 0 aliphatic carbocycles. The van der Waals surface area contributed by atoms with Crippen molar-refractivity contribution < 1.29 is 42.5 Å². The molecule has 1 aromatic carbocycles. The first-order valence-electron chi connectivity index (χ1n) is 11.7. The van der Waals surface area contributed by atoms with Gasteiger partial charge in [-0.05, 0) is 57.0 Å². The van der Waals surface area contributed by atoms with Gasteiger partial charge in [-0.3, -0.25) is 14.6 Å². The van der Waals surface area contributed by atoms with E-state index in [1.807, 2.05) is 26.0 Å². The largest absolute Gasteiger partial charge is 0.492 e. The summed E-state index contributed by atoms with van der Waals surface area (Å²) >= 11 is 6.23. The third-order valence-electron chi connectivity index (χ3n) is 4.91. The molecular formula is C25H31ClF3N3O6. The van der Waals surface area contributed by atoms with E-state index in [2.05, 4.69) is 10.3 Å². The molecule has 2 aromatic rings. The zero-order valence-electron chi connectivity index (χ0n) is 21.0. The van der Waals surface area contributed by atoms with E-state index in [4.69, 9.17) is 31.3 Å². The van der Waals surface area contributed by atoms with Crippen LogP contribution in [0.25, 0.3) is 0 Å². The van der Waals surface area contributed by atoms with Gasteiger partial charge in [-0.1, -0.05) is 18.0 Å². The number of pyridine rings is 1. The van der Waals surface area contributed by atoms with Crippen LogP contribution in [0.3, 0.4) is 0 Å². The number of anilines is 1. The smallest absolute Gasteiger partial charge is 0.490 e. The van der Waals surface area contributed by atoms with E-state index in [9.17, 15) is 22.8 Å². The van der Waals surface area contributed by atoms with Crippen molar-refractivity contribution in [3.8, 4) is 5.75 Å². The van der Waals surface area contributed by atoms with Gasteiger partial charge in [0.1, 0.15) is 12.4 Å². The lowest BCUT2D eigenvalue weighted by molar-refractivity contribution is -0.192. The number of rotatable bonds is 13. The van der Waals surface area contributed by atoms with Crippen LogP contribution in [0.4, 0.5) is 18.9 Å². The number of ether oxygens (including phenoxy) is 1. The monoisotopic (exact) mass is 561 g/mol. The molecule has 0 fully saturated rings. The minimum atomic E-state index is -5.08. The molecule has 0 bridgehead atoms. The van der Waals surface area contributed by atoms with Crippen molar-refractivity contribution in [1.29, 1.82) is 0 Å². The number of nitrogens with one attached hydrogen (secondary N) is 1. The predicted octanol–water partition coefficient (Wildman–Crippen LogP) is 5.35. The fourth-order valence-electron chi connectivity index (χ4n) is 3.10. The van der Waals surface area contributed by atoms with Crippen LogP contribution in [0.2, 0.25) is 5.02 Å². The number of aliphatic carboxylic acids is 2. The molecule has 0 unspecified atom stereocenters. The Labute approximate surface area is 223 Å². The molecule has 13 heteroatoms. The second kappa shape index (κ2) is 16.3. The lowest BCUT2D eigenvalue weighted by Gasteiger charge is -2.27. The summed E-state index contributed by atoms with van der Waals surface area (Å²) in [6.45, 7) is 5.49. The molecule has 0 spiro atoms. The Morgan fingerprint density at radius 2 is 1.71 bits per heavy atom. The van der Waals surface area contributed by atoms with Gasteiger partial charge in [0, 0.05) is 54.2 Å². The van der Waals surface area contributed by atoms with Gasteiger partial charge in [-0.25, -0.2) is 4.79 Å². The number of carboxylic acid groups (broad SMARTS) is 2. The van der Waals surface area contributed by atoms with Gasteiger partial charge in [0.25, 0.3) is 5.91 Å². The third kappa shape index (κ3) is 13.1. The summed E-state index contributed by atoms with van der Waals surface area (Å²) in [6.07, 6.45) is 0.618. The number of hydrogen-bond acceptors (Lipinski definition) is 6. The van der Waals surface area contributed by atoms with Gasteiger partial charge in [0.15, 0.2) is 0 Å². The molecule has 1 aromatic heterocycles. The van der Waals surface area contributed by atoms with Crippen molar-refractivity contribution in [2.75, 3.05) is 25.0 Å². The quantitative estimate of drug-likeness (QED) is 0.279. The molecular weight excluding hydrogens is 531 g/mol. The van der Waals surface area contributed by atoms with E-state index in [1.54, 1.807) is 35.5 Å². The highest BCUT2D eigenvalue weighted by molar-refractivity contribution is 6.31. The van der Waals surface area contributed by atoms with Crippen LogP contribution in [0.5, 0.6) is 5.75 Å². The number of carbonyl (C=O) groups excluding carboxylic acids is 1. The molecule has 3 N–H and O–H groups in total. The number of alkyl halides is 3. The minimum absolute atomic E-state index is 0.0138. The summed E-state index contributed by atoms with van der Waals surface area (Å²) in [5.41, 5.74) is 1.43. The third-order valence-corrected chi connectivity index (χ3v) is 5.13. The lowest BCUT2D eigenvalue weighted by Crippen LogP contribution is -2.37. The Morgan fingerprint density at radius 1 is 1.08 bits per heavy atom. The summed E-state index contributed by atoms with van der Waals surface area (Å²) in [4.78, 5) is 38.4. The zero-order valence-corrected chi connectivity index (χ0v) is 21.8. The van der Waals surface area contributed by atoms with Crippen molar-refractivity contribution in [2.24, 2.45) is 0 Å². The maximum Gasteiger partial charge on any atom is 0.490 e. The number of halogens is 4. The molecule has 0 aliphatic heterocycles. The van der Waals surface area contributed by atoms with Crippen LogP contribution in [-0.2, 0) is 9.59 Å². The average Bonchev–Trinajstić information content (AvgIpc) is 2.83. The second-order valence-corrected chi connectivity index (χ2v) is 8.72. The number of nitrogens with zero attached hydrogens (tertiary/aromatic N) is 2. The van der Waals surface area contributed by atoms with E-state index < -0.39 is 18.1 Å². The number of carboxylic acids is 2. The van der Waals surface area contributed by atoms with Gasteiger partial charge in [-0.2, -0.15) is 13.2 Å². The topological polar surface area (TPSA) is 129 Å². The summed E-state index contributed by atoms with van der Waals surface area (Å²) in [6, 6.07) is 8.80. The average molecular weight is 562 g/mol. The molecule has 9 nitrogen and oxygen atoms in total. The van der Waals surface area contributed by atoms with E-state index in [0.717, 1.165) is 18.5 Å². The first-order valence-corrected chi connectivity index (χ1v) is 12.1. The van der Waals surface area contributed by atoms with Crippen LogP contribution < -0.4 is 10.1 Å². The second-order valence-electron chi connectivity index (χ2n) is 8.29. The summed E-state index contributed by atoms with van der Waals surface area (Å²) in [7, 11) is 0. The van der Waals surface area contributed by atoms with E-state index in [-0.39, 0.29) is 18.4 Å². The predicted molar refractivity (Wildman–Crippen MR) is 136 cm³/mol. The van der Waals surface area contributed by atoms with E-state index in [1.165, 1.54) is 0 Å². The Hall–Kier alpha value is -3.54. The van der Waals surface area contributed by atoms with Crippen LogP contribution in [0, 0.1) is 0 Å². The highest BCUT2D eigenvalue weighted by Crippen LogP contribution is 2.23. The maximum absolute atomic E-state index is 13.1. The lowest BCUT2D eigenvalue weighted by atomic mass is 10.1. The van der Waals surface area contributed by atoms with Gasteiger partial charge in [0.05, 0.1) is 0 Å². The standard InChI is InChI=1S/C23H30ClN3O4.C2HF3O2/c1-17(2)27(12-5-3-4-6-22(28)29)23(30)18-14-19(24)16-21(15-18)31-13-11-26-20-7-9-25-10-8-20;3-2(4,5)1(6)7/h7-10,14-17H,3-6,11-13H2,1-2H3,(H,25,26)(H,28,29);(H,6,7). The van der Waals surface area contributed by atoms with Crippen molar-refractivity contribution in [3.63, 3.8) is 0 Å². The van der Waals surface area contributed by atoms with Crippen molar-refractivity contribution in [3.05, 3.63) is 53.3 Å². The minimum Gasteiger partial charge on any atom is -0.492 e. The molecule has 0 aliphatic rings. The van der Waals surface area contributed by atoms with Crippen LogP contribution in [0.1, 0.15) is 49.9 Å². The Balaban J connectivity index is 0.000000905. The maximum atomic E-state index is 13.1. The first kappa shape index (κ1) is 32.5. The van der Waals surface area contributed by atoms with Crippen molar-refractivity contribution in [2.45, 2.75) is 51.7 Å². The van der Waals surface area contributed by atoms with Gasteiger partial charge in [0.2, 0.25) is 0 Å². The van der Waals surface area contributed by atoms with Crippen LogP contribution in [-0.4, -0.2) is 69.9 Å². The summed E-state index contributed by atoms with van der Waals surface area (Å²) in [5.74, 6) is -3.13. The normalized spacial score (nSPS) is 10.8. The highest BCUT2D eigenvalue weighted by atomic mass is 35.5. The Kier molecular flexibility index (Phi) is 14.0. The molecule has 2 rings (SSSR count). The molecule has 38 heavy (non-hydrogen) atoms. The first-order chi connectivity index (χ1) is 17.8. The molecule has 0 saturated heterocycles.